The molecule has 0 saturated carbocycles. The molecule has 6 heteroatoms. The Kier molecular flexibility index (Phi) is 5.36. The van der Waals surface area contributed by atoms with Crippen molar-refractivity contribution >= 4 is 38.5 Å². The van der Waals surface area contributed by atoms with Gasteiger partial charge in [-0.25, -0.2) is 0 Å². The third kappa shape index (κ3) is 3.62. The van der Waals surface area contributed by atoms with E-state index in [4.69, 9.17) is 9.15 Å². The Hall–Kier alpha value is -3.38. The molecule has 0 bridgehead atoms. The number of hydrogen-bond donors (Lipinski definition) is 0. The molecule has 1 unspecified atom stereocenters. The highest BCUT2D eigenvalue weighted by atomic mass is 79.9. The molecule has 5 rings (SSSR count). The number of ether oxygens (including phenoxy) is 1. The zero-order valence-electron chi connectivity index (χ0n) is 19.4. The molecule has 172 valence electrons. The molecule has 0 radical (unpaired) electrons. The van der Waals surface area contributed by atoms with Gasteiger partial charge in [-0.05, 0) is 59.0 Å². The Morgan fingerprint density at radius 1 is 0.941 bits per heavy atom. The maximum absolute atomic E-state index is 13.7. The number of nitrogens with zero attached hydrogens (tertiary/aromatic N) is 1. The first-order valence-corrected chi connectivity index (χ1v) is 11.8. The van der Waals surface area contributed by atoms with Crippen molar-refractivity contribution in [3.8, 4) is 5.75 Å². The van der Waals surface area contributed by atoms with Gasteiger partial charge >= 0.3 is 0 Å². The number of benzene rings is 3. The summed E-state index contributed by atoms with van der Waals surface area (Å²) < 4.78 is 12.1. The number of fused-ring (bicyclic) bond motifs is 2. The molecule has 2 heterocycles. The Morgan fingerprint density at radius 2 is 1.62 bits per heavy atom. The average molecular weight is 518 g/mol. The smallest absolute Gasteiger partial charge is 0.295 e. The fraction of sp³-hybridized carbons (Fsp3) is 0.214. The van der Waals surface area contributed by atoms with Gasteiger partial charge in [0, 0.05) is 10.2 Å². The Morgan fingerprint density at radius 3 is 2.24 bits per heavy atom. The van der Waals surface area contributed by atoms with E-state index in [0.717, 1.165) is 10.0 Å². The number of carbonyl (C=O) groups is 1. The van der Waals surface area contributed by atoms with Crippen molar-refractivity contribution in [2.75, 3.05) is 12.0 Å². The Labute approximate surface area is 206 Å². The van der Waals surface area contributed by atoms with Crippen molar-refractivity contribution in [1.82, 2.24) is 0 Å². The van der Waals surface area contributed by atoms with Crippen LogP contribution in [0.25, 0.3) is 11.0 Å². The number of amides is 1. The van der Waals surface area contributed by atoms with Crippen LogP contribution >= 0.6 is 15.9 Å². The third-order valence-corrected chi connectivity index (χ3v) is 6.77. The van der Waals surface area contributed by atoms with Crippen LogP contribution in [0.15, 0.2) is 80.4 Å². The van der Waals surface area contributed by atoms with Crippen molar-refractivity contribution in [3.05, 3.63) is 104 Å². The highest BCUT2D eigenvalue weighted by Gasteiger charge is 2.43. The van der Waals surface area contributed by atoms with Gasteiger partial charge in [0.2, 0.25) is 5.76 Å². The summed E-state index contributed by atoms with van der Waals surface area (Å²) in [5, 5.41) is 0.439. The lowest BCUT2D eigenvalue weighted by Gasteiger charge is -2.26. The second-order valence-corrected chi connectivity index (χ2v) is 10.4. The molecule has 1 amide bonds. The summed E-state index contributed by atoms with van der Waals surface area (Å²) in [6, 6.07) is 20.0. The predicted octanol–water partition coefficient (Wildman–Crippen LogP) is 6.61. The molecule has 0 N–H and O–H groups in total. The summed E-state index contributed by atoms with van der Waals surface area (Å²) in [6.07, 6.45) is 0. The summed E-state index contributed by atoms with van der Waals surface area (Å²) in [6.45, 7) is 6.45. The monoisotopic (exact) mass is 517 g/mol. The second kappa shape index (κ2) is 8.13. The van der Waals surface area contributed by atoms with E-state index in [1.807, 2.05) is 24.3 Å². The predicted molar refractivity (Wildman–Crippen MR) is 137 cm³/mol. The molecule has 0 fully saturated rings. The first kappa shape index (κ1) is 22.4. The van der Waals surface area contributed by atoms with Crippen LogP contribution in [0.2, 0.25) is 0 Å². The van der Waals surface area contributed by atoms with Gasteiger partial charge in [-0.3, -0.25) is 14.5 Å². The normalized spacial score (nSPS) is 15.6. The van der Waals surface area contributed by atoms with Crippen molar-refractivity contribution in [2.45, 2.75) is 32.2 Å². The van der Waals surface area contributed by atoms with E-state index in [0.29, 0.717) is 28.0 Å². The van der Waals surface area contributed by atoms with Crippen LogP contribution in [0.5, 0.6) is 5.75 Å². The van der Waals surface area contributed by atoms with Gasteiger partial charge in [-0.15, -0.1) is 0 Å². The Balaban J connectivity index is 1.75. The third-order valence-electron chi connectivity index (χ3n) is 6.28. The van der Waals surface area contributed by atoms with Gasteiger partial charge in [-0.2, -0.15) is 0 Å². The van der Waals surface area contributed by atoms with Crippen LogP contribution < -0.4 is 15.1 Å². The van der Waals surface area contributed by atoms with Crippen LogP contribution in [0.1, 0.15) is 54.1 Å². The molecular formula is C28H24BrNO4. The van der Waals surface area contributed by atoms with Crippen molar-refractivity contribution in [1.29, 1.82) is 0 Å². The van der Waals surface area contributed by atoms with Gasteiger partial charge in [-0.1, -0.05) is 61.0 Å². The van der Waals surface area contributed by atoms with Crippen molar-refractivity contribution in [2.24, 2.45) is 0 Å². The molecule has 1 atom stereocenters. The highest BCUT2D eigenvalue weighted by molar-refractivity contribution is 9.10. The standard InChI is InChI=1S/C28H24BrNO4/c1-28(2,3)17-7-5-16(6-8-17)24-23-25(31)21-15-18(29)9-14-22(21)34-26(23)27(32)30(24)19-10-12-20(33-4)13-11-19/h5-15,24H,1-4H3. The van der Waals surface area contributed by atoms with E-state index in [2.05, 4.69) is 48.8 Å². The fourth-order valence-electron chi connectivity index (χ4n) is 4.44. The first-order chi connectivity index (χ1) is 16.2. The van der Waals surface area contributed by atoms with Crippen LogP contribution in [0, 0.1) is 0 Å². The van der Waals surface area contributed by atoms with Crippen LogP contribution in [0.3, 0.4) is 0 Å². The van der Waals surface area contributed by atoms with Crippen molar-refractivity contribution < 1.29 is 13.9 Å². The average Bonchev–Trinajstić information content (AvgIpc) is 3.11. The van der Waals surface area contributed by atoms with Gasteiger partial charge in [0.1, 0.15) is 11.3 Å². The summed E-state index contributed by atoms with van der Waals surface area (Å²) in [5.41, 5.74) is 3.20. The highest BCUT2D eigenvalue weighted by Crippen LogP contribution is 2.42. The molecule has 5 nitrogen and oxygen atoms in total. The van der Waals surface area contributed by atoms with E-state index in [9.17, 15) is 9.59 Å². The van der Waals surface area contributed by atoms with E-state index in [1.54, 1.807) is 42.3 Å². The molecule has 3 aromatic carbocycles. The molecule has 0 saturated heterocycles. The van der Waals surface area contributed by atoms with Gasteiger partial charge in [0.25, 0.3) is 5.91 Å². The second-order valence-electron chi connectivity index (χ2n) is 9.46. The summed E-state index contributed by atoms with van der Waals surface area (Å²) in [7, 11) is 1.59. The summed E-state index contributed by atoms with van der Waals surface area (Å²) in [4.78, 5) is 29.0. The molecule has 34 heavy (non-hydrogen) atoms. The van der Waals surface area contributed by atoms with Crippen LogP contribution in [-0.4, -0.2) is 13.0 Å². The summed E-state index contributed by atoms with van der Waals surface area (Å²) in [5.74, 6) is 0.427. The molecule has 0 spiro atoms. The molecular weight excluding hydrogens is 494 g/mol. The van der Waals surface area contributed by atoms with Crippen LogP contribution in [-0.2, 0) is 5.41 Å². The molecule has 1 aromatic heterocycles. The molecule has 4 aromatic rings. The lowest BCUT2D eigenvalue weighted by molar-refractivity contribution is 0.0971. The van der Waals surface area contributed by atoms with Crippen LogP contribution in [0.4, 0.5) is 5.69 Å². The van der Waals surface area contributed by atoms with E-state index < -0.39 is 6.04 Å². The fourth-order valence-corrected chi connectivity index (χ4v) is 4.80. The Bertz CT molecular complexity index is 1460. The maximum atomic E-state index is 13.7. The number of rotatable bonds is 3. The maximum Gasteiger partial charge on any atom is 0.295 e. The minimum absolute atomic E-state index is 0.0148. The number of hydrogen-bond acceptors (Lipinski definition) is 4. The van der Waals surface area contributed by atoms with E-state index in [1.165, 1.54) is 5.56 Å². The lowest BCUT2D eigenvalue weighted by Crippen LogP contribution is -2.29. The zero-order chi connectivity index (χ0) is 24.2. The number of methoxy groups -OCH3 is 1. The minimum Gasteiger partial charge on any atom is -0.497 e. The van der Waals surface area contributed by atoms with E-state index >= 15 is 0 Å². The SMILES string of the molecule is COc1ccc(N2C(=O)c3oc4ccc(Br)cc4c(=O)c3C2c2ccc(C(C)(C)C)cc2)cc1. The first-order valence-electron chi connectivity index (χ1n) is 11.0. The quantitative estimate of drug-likeness (QED) is 0.306. The van der Waals surface area contributed by atoms with Gasteiger partial charge in [0.15, 0.2) is 5.43 Å². The number of anilines is 1. The van der Waals surface area contributed by atoms with E-state index in [-0.39, 0.29) is 22.5 Å². The molecule has 1 aliphatic heterocycles. The van der Waals surface area contributed by atoms with Crippen molar-refractivity contribution in [3.63, 3.8) is 0 Å². The molecule has 0 aliphatic carbocycles. The largest absolute Gasteiger partial charge is 0.497 e. The van der Waals surface area contributed by atoms with Gasteiger partial charge < -0.3 is 9.15 Å². The zero-order valence-corrected chi connectivity index (χ0v) is 21.0. The number of carbonyl (C=O) groups excluding carboxylic acids is 1. The topological polar surface area (TPSA) is 59.8 Å². The lowest BCUT2D eigenvalue weighted by atomic mass is 9.86. The number of halogens is 1. The minimum atomic E-state index is -0.607. The molecule has 1 aliphatic rings. The van der Waals surface area contributed by atoms with Gasteiger partial charge in [0.05, 0.1) is 24.1 Å². The summed E-state index contributed by atoms with van der Waals surface area (Å²) >= 11 is 3.44.